The van der Waals surface area contributed by atoms with Gasteiger partial charge >= 0.3 is 0 Å². The molecular formula is C16H18Br2N2. The molecule has 3 rings (SSSR count). The molecule has 1 aliphatic carbocycles. The molecule has 0 amide bonds. The van der Waals surface area contributed by atoms with Gasteiger partial charge in [-0.1, -0.05) is 29.8 Å². The molecule has 0 saturated carbocycles. The number of benzene rings is 1. The summed E-state index contributed by atoms with van der Waals surface area (Å²) in [5, 5.41) is 0. The van der Waals surface area contributed by atoms with Crippen molar-refractivity contribution < 1.29 is 0 Å². The van der Waals surface area contributed by atoms with Gasteiger partial charge in [0.15, 0.2) is 0 Å². The van der Waals surface area contributed by atoms with E-state index in [-0.39, 0.29) is 11.5 Å². The summed E-state index contributed by atoms with van der Waals surface area (Å²) in [7, 11) is 0. The highest BCUT2D eigenvalue weighted by molar-refractivity contribution is 9.11. The third-order valence-electron chi connectivity index (χ3n) is 4.01. The number of aromatic nitrogens is 1. The molecule has 2 nitrogen and oxygen atoms in total. The van der Waals surface area contributed by atoms with Crippen LogP contribution in [0.15, 0.2) is 39.4 Å². The van der Waals surface area contributed by atoms with Crippen LogP contribution in [0.3, 0.4) is 0 Å². The van der Waals surface area contributed by atoms with E-state index in [1.807, 2.05) is 6.07 Å². The SMILES string of the molecule is CC1(C)Cc2c(ccn2-c2cc(Br)ccc2Br)C(N)C1. The minimum atomic E-state index is 0.140. The van der Waals surface area contributed by atoms with Crippen LogP contribution < -0.4 is 5.73 Å². The Kier molecular flexibility index (Phi) is 3.59. The van der Waals surface area contributed by atoms with Crippen molar-refractivity contribution in [3.05, 3.63) is 50.7 Å². The van der Waals surface area contributed by atoms with Gasteiger partial charge in [-0.15, -0.1) is 0 Å². The van der Waals surface area contributed by atoms with Gasteiger partial charge in [0.2, 0.25) is 0 Å². The molecule has 1 atom stereocenters. The topological polar surface area (TPSA) is 30.9 Å². The van der Waals surface area contributed by atoms with Crippen LogP contribution in [0.2, 0.25) is 0 Å². The van der Waals surface area contributed by atoms with E-state index in [9.17, 15) is 0 Å². The Morgan fingerprint density at radius 1 is 1.25 bits per heavy atom. The second-order valence-corrected chi connectivity index (χ2v) is 8.11. The summed E-state index contributed by atoms with van der Waals surface area (Å²) in [5.74, 6) is 0. The van der Waals surface area contributed by atoms with Gasteiger partial charge in [0, 0.05) is 26.9 Å². The Bertz CT molecular complexity index is 658. The lowest BCUT2D eigenvalue weighted by atomic mass is 9.74. The van der Waals surface area contributed by atoms with E-state index in [1.54, 1.807) is 0 Å². The molecule has 1 heterocycles. The van der Waals surface area contributed by atoms with Crippen molar-refractivity contribution in [2.75, 3.05) is 0 Å². The molecule has 4 heteroatoms. The summed E-state index contributed by atoms with van der Waals surface area (Å²) < 4.78 is 4.44. The molecule has 1 aromatic carbocycles. The molecule has 2 aromatic rings. The van der Waals surface area contributed by atoms with Crippen LogP contribution in [-0.4, -0.2) is 4.57 Å². The number of nitrogens with two attached hydrogens (primary N) is 1. The van der Waals surface area contributed by atoms with Crippen LogP contribution in [0.5, 0.6) is 0 Å². The third-order valence-corrected chi connectivity index (χ3v) is 5.18. The molecule has 0 fully saturated rings. The Morgan fingerprint density at radius 3 is 2.75 bits per heavy atom. The van der Waals surface area contributed by atoms with Gasteiger partial charge in [0.05, 0.1) is 5.69 Å². The molecular weight excluding hydrogens is 380 g/mol. The average molecular weight is 398 g/mol. The van der Waals surface area contributed by atoms with E-state index in [0.717, 1.165) is 27.5 Å². The molecule has 2 N–H and O–H groups in total. The quantitative estimate of drug-likeness (QED) is 0.723. The monoisotopic (exact) mass is 396 g/mol. The molecule has 1 unspecified atom stereocenters. The van der Waals surface area contributed by atoms with E-state index < -0.39 is 0 Å². The zero-order chi connectivity index (χ0) is 14.5. The number of halogens is 2. The summed E-state index contributed by atoms with van der Waals surface area (Å²) in [6.45, 7) is 4.59. The number of hydrogen-bond acceptors (Lipinski definition) is 1. The van der Waals surface area contributed by atoms with Crippen LogP contribution in [0.25, 0.3) is 5.69 Å². The van der Waals surface area contributed by atoms with Crippen LogP contribution >= 0.6 is 31.9 Å². The van der Waals surface area contributed by atoms with Crippen LogP contribution in [-0.2, 0) is 6.42 Å². The van der Waals surface area contributed by atoms with Crippen LogP contribution in [0, 0.1) is 5.41 Å². The van der Waals surface area contributed by atoms with Crippen molar-refractivity contribution >= 4 is 31.9 Å². The first-order chi connectivity index (χ1) is 9.37. The number of nitrogens with zero attached hydrogens (tertiary/aromatic N) is 1. The highest BCUT2D eigenvalue weighted by Crippen LogP contribution is 2.41. The van der Waals surface area contributed by atoms with E-state index in [4.69, 9.17) is 5.73 Å². The van der Waals surface area contributed by atoms with Crippen molar-refractivity contribution in [3.63, 3.8) is 0 Å². The largest absolute Gasteiger partial charge is 0.324 e. The summed E-state index contributed by atoms with van der Waals surface area (Å²) >= 11 is 7.20. The highest BCUT2D eigenvalue weighted by atomic mass is 79.9. The zero-order valence-electron chi connectivity index (χ0n) is 11.7. The smallest absolute Gasteiger partial charge is 0.0605 e. The molecule has 0 spiro atoms. The molecule has 0 aliphatic heterocycles. The number of hydrogen-bond donors (Lipinski definition) is 1. The lowest BCUT2D eigenvalue weighted by Crippen LogP contribution is -2.30. The van der Waals surface area contributed by atoms with Crippen molar-refractivity contribution in [1.82, 2.24) is 4.57 Å². The Labute approximate surface area is 136 Å². The molecule has 0 radical (unpaired) electrons. The first-order valence-corrected chi connectivity index (χ1v) is 8.37. The predicted molar refractivity (Wildman–Crippen MR) is 90.2 cm³/mol. The fraction of sp³-hybridized carbons (Fsp3) is 0.375. The number of fused-ring (bicyclic) bond motifs is 1. The number of rotatable bonds is 1. The summed E-state index contributed by atoms with van der Waals surface area (Å²) in [6.07, 6.45) is 4.24. The summed E-state index contributed by atoms with van der Waals surface area (Å²) in [5.41, 5.74) is 10.4. The minimum absolute atomic E-state index is 0.140. The van der Waals surface area contributed by atoms with Crippen LogP contribution in [0.1, 0.15) is 37.6 Å². The molecule has 20 heavy (non-hydrogen) atoms. The maximum Gasteiger partial charge on any atom is 0.0605 e. The lowest BCUT2D eigenvalue weighted by molar-refractivity contribution is 0.278. The van der Waals surface area contributed by atoms with E-state index in [0.29, 0.717) is 0 Å². The molecule has 0 bridgehead atoms. The minimum Gasteiger partial charge on any atom is -0.324 e. The first kappa shape index (κ1) is 14.4. The van der Waals surface area contributed by atoms with Crippen molar-refractivity contribution in [1.29, 1.82) is 0 Å². The Hall–Kier alpha value is -0.580. The Balaban J connectivity index is 2.16. The molecule has 106 valence electrons. The fourth-order valence-electron chi connectivity index (χ4n) is 3.13. The van der Waals surface area contributed by atoms with Gasteiger partial charge < -0.3 is 10.3 Å². The predicted octanol–water partition coefficient (Wildman–Crippen LogP) is 4.97. The van der Waals surface area contributed by atoms with E-state index in [2.05, 4.69) is 74.7 Å². The summed E-state index contributed by atoms with van der Waals surface area (Å²) in [4.78, 5) is 0. The van der Waals surface area contributed by atoms with Crippen LogP contribution in [0.4, 0.5) is 0 Å². The van der Waals surface area contributed by atoms with Gasteiger partial charge in [-0.3, -0.25) is 0 Å². The van der Waals surface area contributed by atoms with Gasteiger partial charge in [0.1, 0.15) is 0 Å². The normalized spacial score (nSPS) is 20.8. The van der Waals surface area contributed by atoms with Gasteiger partial charge in [0.25, 0.3) is 0 Å². The lowest BCUT2D eigenvalue weighted by Gasteiger charge is -2.34. The second kappa shape index (κ2) is 5.00. The first-order valence-electron chi connectivity index (χ1n) is 6.78. The Morgan fingerprint density at radius 2 is 2.00 bits per heavy atom. The van der Waals surface area contributed by atoms with Crippen molar-refractivity contribution in [2.45, 2.75) is 32.7 Å². The molecule has 0 saturated heterocycles. The zero-order valence-corrected chi connectivity index (χ0v) is 14.8. The summed E-state index contributed by atoms with van der Waals surface area (Å²) in [6, 6.07) is 8.56. The second-order valence-electron chi connectivity index (χ2n) is 6.34. The maximum absolute atomic E-state index is 6.35. The van der Waals surface area contributed by atoms with Gasteiger partial charge in [-0.2, -0.15) is 0 Å². The highest BCUT2D eigenvalue weighted by Gasteiger charge is 2.32. The average Bonchev–Trinajstić information content (AvgIpc) is 2.74. The van der Waals surface area contributed by atoms with Crippen molar-refractivity contribution in [3.8, 4) is 5.69 Å². The maximum atomic E-state index is 6.35. The standard InChI is InChI=1S/C16H18Br2N2/c1-16(2)8-13(19)11-5-6-20(15(11)9-16)14-7-10(17)3-4-12(14)18/h3-7,13H,8-9,19H2,1-2H3. The van der Waals surface area contributed by atoms with Crippen molar-refractivity contribution in [2.24, 2.45) is 11.1 Å². The van der Waals surface area contributed by atoms with E-state index in [1.165, 1.54) is 11.3 Å². The third kappa shape index (κ3) is 2.49. The van der Waals surface area contributed by atoms with Gasteiger partial charge in [-0.05, 0) is 64.0 Å². The fourth-order valence-corrected chi connectivity index (χ4v) is 3.92. The molecule has 1 aromatic heterocycles. The molecule has 1 aliphatic rings. The van der Waals surface area contributed by atoms with Gasteiger partial charge in [-0.25, -0.2) is 0 Å². The van der Waals surface area contributed by atoms with E-state index >= 15 is 0 Å².